The first-order chi connectivity index (χ1) is 6.97. The Hall–Kier alpha value is 0.140. The van der Waals surface area contributed by atoms with Gasteiger partial charge in [0, 0.05) is 11.5 Å². The van der Waals surface area contributed by atoms with Gasteiger partial charge in [-0.1, -0.05) is 38.5 Å². The second-order valence-corrected chi connectivity index (χ2v) is 6.52. The molecule has 77 valence electrons. The summed E-state index contributed by atoms with van der Waals surface area (Å²) in [7, 11) is 2.72. The molecular weight excluding hydrogens is 208 g/mol. The first-order valence-corrected chi connectivity index (χ1v) is 8.22. The highest BCUT2D eigenvalue weighted by Crippen LogP contribution is 2.40. The lowest BCUT2D eigenvalue weighted by molar-refractivity contribution is 0.503. The van der Waals surface area contributed by atoms with Crippen LogP contribution in [-0.4, -0.2) is 0 Å². The lowest BCUT2D eigenvalue weighted by Gasteiger charge is -2.14. The predicted molar refractivity (Wildman–Crippen MR) is 64.5 cm³/mol. The summed E-state index contributed by atoms with van der Waals surface area (Å²) in [5, 5.41) is 5.93. The number of hydrogen-bond acceptors (Lipinski definition) is 0. The zero-order valence-electron chi connectivity index (χ0n) is 8.65. The van der Waals surface area contributed by atoms with Crippen LogP contribution < -0.4 is 5.09 Å². The van der Waals surface area contributed by atoms with E-state index in [1.807, 2.05) is 0 Å². The molecule has 1 nitrogen and oxygen atoms in total. The first-order valence-electron chi connectivity index (χ1n) is 5.78. The molecule has 0 atom stereocenters. The molecule has 1 radical (unpaired) electrons. The minimum atomic E-state index is 0.869. The van der Waals surface area contributed by atoms with Gasteiger partial charge in [-0.05, 0) is 26.6 Å². The molecule has 0 spiro atoms. The number of nitrogens with zero attached hydrogens (tertiary/aromatic N) is 1. The van der Waals surface area contributed by atoms with Crippen molar-refractivity contribution in [2.24, 2.45) is 5.92 Å². The molecule has 0 aromatic carbocycles. The number of hydrogen-bond donors (Lipinski definition) is 0. The van der Waals surface area contributed by atoms with Crippen LogP contribution in [0.1, 0.15) is 51.4 Å². The van der Waals surface area contributed by atoms with E-state index >= 15 is 0 Å². The molecule has 1 aliphatic carbocycles. The molecule has 0 bridgehead atoms. The van der Waals surface area contributed by atoms with Crippen LogP contribution in [0.5, 0.6) is 0 Å². The van der Waals surface area contributed by atoms with Crippen LogP contribution in [0.2, 0.25) is 0 Å². The fourth-order valence-electron chi connectivity index (χ4n) is 2.30. The van der Waals surface area contributed by atoms with Crippen molar-refractivity contribution < 1.29 is 0 Å². The molecule has 2 rings (SSSR count). The average molecular weight is 226 g/mol. The van der Waals surface area contributed by atoms with Crippen LogP contribution in [0.4, 0.5) is 0 Å². The second kappa shape index (κ2) is 5.89. The third kappa shape index (κ3) is 3.07. The zero-order chi connectivity index (χ0) is 9.64. The maximum atomic E-state index is 4.32. The smallest absolute Gasteiger partial charge is 0.0696 e. The summed E-state index contributed by atoms with van der Waals surface area (Å²) in [6.45, 7) is 0. The highest BCUT2D eigenvalue weighted by atomic mass is 31.7. The van der Waals surface area contributed by atoms with Gasteiger partial charge in [-0.25, -0.2) is 5.09 Å². The maximum Gasteiger partial charge on any atom is 0.0696 e. The van der Waals surface area contributed by atoms with E-state index in [9.17, 15) is 0 Å². The van der Waals surface area contributed by atoms with Gasteiger partial charge in [-0.2, -0.15) is 0 Å². The van der Waals surface area contributed by atoms with Crippen LogP contribution in [0.15, 0.2) is 11.5 Å². The quantitative estimate of drug-likeness (QED) is 0.563. The normalized spacial score (nSPS) is 27.0. The van der Waals surface area contributed by atoms with E-state index in [0.717, 1.165) is 5.92 Å². The fraction of sp³-hybridized carbons (Fsp3) is 0.818. The lowest BCUT2D eigenvalue weighted by Crippen LogP contribution is -2.00. The molecule has 14 heavy (non-hydrogen) atoms. The van der Waals surface area contributed by atoms with Crippen molar-refractivity contribution in [2.75, 3.05) is 0 Å². The third-order valence-corrected chi connectivity index (χ3v) is 5.47. The molecule has 0 N–H and O–H groups in total. The Labute approximate surface area is 90.2 Å². The SMILES string of the molecule is C1=C(C2CCCCCCCC2)P=P[N]1. The van der Waals surface area contributed by atoms with Crippen LogP contribution in [0.25, 0.3) is 0 Å². The van der Waals surface area contributed by atoms with Gasteiger partial charge in [0.2, 0.25) is 0 Å². The van der Waals surface area contributed by atoms with Gasteiger partial charge in [0.25, 0.3) is 0 Å². The highest BCUT2D eigenvalue weighted by Gasteiger charge is 2.16. The highest BCUT2D eigenvalue weighted by molar-refractivity contribution is 7.85. The standard InChI is InChI=1S/C11H18NP2/c1-2-4-6-8-10(7-5-3-1)11-9-12-14-13-11/h9-10H,1-8H2. The number of rotatable bonds is 1. The summed E-state index contributed by atoms with van der Waals surface area (Å²) >= 11 is 0. The lowest BCUT2D eigenvalue weighted by atomic mass is 9.97. The van der Waals surface area contributed by atoms with Gasteiger partial charge < -0.3 is 0 Å². The van der Waals surface area contributed by atoms with Crippen molar-refractivity contribution in [1.82, 2.24) is 5.09 Å². The topological polar surface area (TPSA) is 14.1 Å². The van der Waals surface area contributed by atoms with E-state index < -0.39 is 0 Å². The summed E-state index contributed by atoms with van der Waals surface area (Å²) in [5.74, 6) is 0.869. The van der Waals surface area contributed by atoms with E-state index in [4.69, 9.17) is 0 Å². The Morgan fingerprint density at radius 2 is 1.64 bits per heavy atom. The minimum absolute atomic E-state index is 0.869. The van der Waals surface area contributed by atoms with Crippen LogP contribution in [-0.2, 0) is 0 Å². The predicted octanol–water partition coefficient (Wildman–Crippen LogP) is 4.92. The molecule has 1 saturated carbocycles. The first kappa shape index (κ1) is 10.7. The van der Waals surface area contributed by atoms with E-state index in [2.05, 4.69) is 11.3 Å². The van der Waals surface area contributed by atoms with E-state index in [-0.39, 0.29) is 0 Å². The Kier molecular flexibility index (Phi) is 4.48. The molecule has 2 aliphatic rings. The van der Waals surface area contributed by atoms with Crippen molar-refractivity contribution in [1.29, 1.82) is 0 Å². The van der Waals surface area contributed by atoms with Gasteiger partial charge >= 0.3 is 0 Å². The Balaban J connectivity index is 1.90. The van der Waals surface area contributed by atoms with E-state index in [0.29, 0.717) is 0 Å². The van der Waals surface area contributed by atoms with Gasteiger partial charge in [0.05, 0.1) is 8.02 Å². The summed E-state index contributed by atoms with van der Waals surface area (Å²) < 4.78 is 0. The maximum absolute atomic E-state index is 4.32. The Bertz CT molecular complexity index is 225. The van der Waals surface area contributed by atoms with Crippen molar-refractivity contribution in [3.8, 4) is 0 Å². The van der Waals surface area contributed by atoms with Crippen molar-refractivity contribution in [2.45, 2.75) is 51.4 Å². The summed E-state index contributed by atoms with van der Waals surface area (Å²) in [6, 6.07) is 0. The Morgan fingerprint density at radius 1 is 1.00 bits per heavy atom. The molecule has 0 aromatic rings. The minimum Gasteiger partial charge on any atom is -0.230 e. The van der Waals surface area contributed by atoms with Crippen LogP contribution >= 0.6 is 15.9 Å². The summed E-state index contributed by atoms with van der Waals surface area (Å²) in [6.07, 6.45) is 13.7. The molecule has 3 heteroatoms. The summed E-state index contributed by atoms with van der Waals surface area (Å²) in [4.78, 5) is 0. The third-order valence-electron chi connectivity index (χ3n) is 3.18. The number of allylic oxidation sites excluding steroid dienone is 1. The average Bonchev–Trinajstić information content (AvgIpc) is 2.75. The molecule has 0 saturated heterocycles. The molecular formula is C11H18NP2. The largest absolute Gasteiger partial charge is 0.230 e. The monoisotopic (exact) mass is 226 g/mol. The summed E-state index contributed by atoms with van der Waals surface area (Å²) in [5.41, 5.74) is 0. The molecule has 0 unspecified atom stereocenters. The van der Waals surface area contributed by atoms with Crippen LogP contribution in [0, 0.1) is 5.92 Å². The van der Waals surface area contributed by atoms with E-state index in [1.54, 1.807) is 5.31 Å². The molecule has 0 aromatic heterocycles. The molecule has 1 heterocycles. The molecule has 0 amide bonds. The van der Waals surface area contributed by atoms with Gasteiger partial charge in [-0.3, -0.25) is 0 Å². The van der Waals surface area contributed by atoms with Crippen LogP contribution in [0.3, 0.4) is 0 Å². The van der Waals surface area contributed by atoms with E-state index in [1.165, 1.54) is 67.3 Å². The van der Waals surface area contributed by atoms with Crippen molar-refractivity contribution in [3.63, 3.8) is 0 Å². The van der Waals surface area contributed by atoms with Crippen molar-refractivity contribution >= 4 is 15.9 Å². The molecule has 1 aliphatic heterocycles. The Morgan fingerprint density at radius 3 is 2.21 bits per heavy atom. The fourth-order valence-corrected chi connectivity index (χ4v) is 4.52. The van der Waals surface area contributed by atoms with Gasteiger partial charge in [-0.15, -0.1) is 0 Å². The molecule has 1 fully saturated rings. The second-order valence-electron chi connectivity index (χ2n) is 4.25. The zero-order valence-corrected chi connectivity index (χ0v) is 10.4. The van der Waals surface area contributed by atoms with Gasteiger partial charge in [0.1, 0.15) is 0 Å². The van der Waals surface area contributed by atoms with Gasteiger partial charge in [0.15, 0.2) is 0 Å². The van der Waals surface area contributed by atoms with Crippen molar-refractivity contribution in [3.05, 3.63) is 11.5 Å².